The molecular formula is C14H15F3N2O2. The van der Waals surface area contributed by atoms with Gasteiger partial charge in [-0.1, -0.05) is 29.8 Å². The van der Waals surface area contributed by atoms with E-state index in [0.29, 0.717) is 5.56 Å². The quantitative estimate of drug-likeness (QED) is 0.912. The van der Waals surface area contributed by atoms with Gasteiger partial charge in [-0.2, -0.15) is 23.3 Å². The second-order valence-electron chi connectivity index (χ2n) is 5.19. The third kappa shape index (κ3) is 2.92. The van der Waals surface area contributed by atoms with E-state index in [2.05, 4.69) is 5.10 Å². The Bertz CT molecular complexity index is 581. The Hall–Kier alpha value is -1.89. The van der Waals surface area contributed by atoms with Crippen LogP contribution in [0.15, 0.2) is 29.4 Å². The van der Waals surface area contributed by atoms with Gasteiger partial charge in [0.1, 0.15) is 0 Å². The van der Waals surface area contributed by atoms with Gasteiger partial charge in [0.2, 0.25) is 5.91 Å². The predicted octanol–water partition coefficient (Wildman–Crippen LogP) is 2.40. The minimum atomic E-state index is -4.96. The van der Waals surface area contributed by atoms with Gasteiger partial charge in [0.05, 0.1) is 6.42 Å². The van der Waals surface area contributed by atoms with Crippen LogP contribution in [0.5, 0.6) is 0 Å². The number of benzene rings is 1. The number of rotatable bonds is 2. The largest absolute Gasteiger partial charge is 0.438 e. The predicted molar refractivity (Wildman–Crippen MR) is 70.5 cm³/mol. The molecule has 2 rings (SSSR count). The summed E-state index contributed by atoms with van der Waals surface area (Å²) in [7, 11) is 0. The molecule has 1 atom stereocenters. The number of hydrogen-bond donors (Lipinski definition) is 1. The van der Waals surface area contributed by atoms with Crippen molar-refractivity contribution < 1.29 is 23.1 Å². The summed E-state index contributed by atoms with van der Waals surface area (Å²) in [4.78, 5) is 12.1. The topological polar surface area (TPSA) is 52.9 Å². The first-order valence-electron chi connectivity index (χ1n) is 6.35. The molecule has 0 saturated heterocycles. The van der Waals surface area contributed by atoms with Crippen LogP contribution in [0.1, 0.15) is 24.5 Å². The number of nitrogens with zero attached hydrogens (tertiary/aromatic N) is 2. The smallest absolute Gasteiger partial charge is 0.362 e. The van der Waals surface area contributed by atoms with Crippen LogP contribution in [0.4, 0.5) is 13.2 Å². The summed E-state index contributed by atoms with van der Waals surface area (Å²) in [6.07, 6.45) is -5.94. The van der Waals surface area contributed by atoms with Crippen molar-refractivity contribution in [3.05, 3.63) is 35.4 Å². The third-order valence-corrected chi connectivity index (χ3v) is 3.29. The first kappa shape index (κ1) is 15.5. The molecule has 114 valence electrons. The number of aryl methyl sites for hydroxylation is 1. The molecule has 0 aromatic heterocycles. The number of carbonyl (C=O) groups is 1. The van der Waals surface area contributed by atoms with E-state index >= 15 is 0 Å². The molecule has 1 heterocycles. The van der Waals surface area contributed by atoms with Gasteiger partial charge < -0.3 is 5.11 Å². The van der Waals surface area contributed by atoms with Crippen molar-refractivity contribution in [3.8, 4) is 0 Å². The van der Waals surface area contributed by atoms with Crippen molar-refractivity contribution in [2.45, 2.75) is 38.6 Å². The molecule has 1 aliphatic rings. The van der Waals surface area contributed by atoms with Crippen molar-refractivity contribution in [3.63, 3.8) is 0 Å². The molecular weight excluding hydrogens is 285 g/mol. The molecule has 0 fully saturated rings. The SMILES string of the molecule is CC1=NN(C(=O)Cc2ccc(C)cc2)C(O)(C(F)(F)F)C1. The van der Waals surface area contributed by atoms with Crippen molar-refractivity contribution >= 4 is 11.6 Å². The number of alkyl halides is 3. The van der Waals surface area contributed by atoms with Crippen LogP contribution in [0.3, 0.4) is 0 Å². The minimum Gasteiger partial charge on any atom is -0.362 e. The van der Waals surface area contributed by atoms with Crippen molar-refractivity contribution in [1.82, 2.24) is 5.01 Å². The van der Waals surface area contributed by atoms with Crippen molar-refractivity contribution in [1.29, 1.82) is 0 Å². The Morgan fingerprint density at radius 2 is 1.90 bits per heavy atom. The summed E-state index contributed by atoms with van der Waals surface area (Å²) in [6, 6.07) is 6.84. The Morgan fingerprint density at radius 3 is 2.43 bits per heavy atom. The number of hydrazone groups is 1. The molecule has 1 unspecified atom stereocenters. The average molecular weight is 300 g/mol. The van der Waals surface area contributed by atoms with E-state index in [4.69, 9.17) is 0 Å². The molecule has 21 heavy (non-hydrogen) atoms. The van der Waals surface area contributed by atoms with Gasteiger partial charge >= 0.3 is 6.18 Å². The van der Waals surface area contributed by atoms with Gasteiger partial charge in [-0.15, -0.1) is 0 Å². The molecule has 0 bridgehead atoms. The summed E-state index contributed by atoms with van der Waals surface area (Å²) < 4.78 is 39.0. The first-order valence-corrected chi connectivity index (χ1v) is 6.35. The van der Waals surface area contributed by atoms with E-state index in [1.165, 1.54) is 6.92 Å². The molecule has 0 saturated carbocycles. The fourth-order valence-electron chi connectivity index (χ4n) is 2.16. The van der Waals surface area contributed by atoms with Gasteiger partial charge in [0.15, 0.2) is 0 Å². The molecule has 0 spiro atoms. The summed E-state index contributed by atoms with van der Waals surface area (Å²) in [6.45, 7) is 3.21. The number of aliphatic hydroxyl groups is 1. The summed E-state index contributed by atoms with van der Waals surface area (Å²) in [5.74, 6) is -0.893. The summed E-state index contributed by atoms with van der Waals surface area (Å²) >= 11 is 0. The number of halogens is 3. The van der Waals surface area contributed by atoms with E-state index in [9.17, 15) is 23.1 Å². The van der Waals surface area contributed by atoms with Crippen molar-refractivity contribution in [2.75, 3.05) is 0 Å². The number of carbonyl (C=O) groups excluding carboxylic acids is 1. The molecule has 0 aliphatic carbocycles. The Morgan fingerprint density at radius 1 is 1.33 bits per heavy atom. The summed E-state index contributed by atoms with van der Waals surface area (Å²) in [5.41, 5.74) is -1.64. The van der Waals surface area contributed by atoms with Gasteiger partial charge in [-0.3, -0.25) is 4.79 Å². The summed E-state index contributed by atoms with van der Waals surface area (Å²) in [5, 5.41) is 13.5. The molecule has 0 radical (unpaired) electrons. The van der Waals surface area contributed by atoms with Crippen LogP contribution in [0.25, 0.3) is 0 Å². The Balaban J connectivity index is 2.22. The van der Waals surface area contributed by atoms with Crippen LogP contribution in [-0.2, 0) is 11.2 Å². The highest BCUT2D eigenvalue weighted by Gasteiger charge is 2.62. The second-order valence-corrected chi connectivity index (χ2v) is 5.19. The molecule has 7 heteroatoms. The van der Waals surface area contributed by atoms with E-state index in [-0.39, 0.29) is 17.1 Å². The minimum absolute atomic E-state index is 0.0621. The van der Waals surface area contributed by atoms with Gasteiger partial charge in [-0.05, 0) is 19.4 Å². The highest BCUT2D eigenvalue weighted by Crippen LogP contribution is 2.40. The lowest BCUT2D eigenvalue weighted by molar-refractivity contribution is -0.302. The third-order valence-electron chi connectivity index (χ3n) is 3.29. The van der Waals surface area contributed by atoms with E-state index in [1.807, 2.05) is 6.92 Å². The van der Waals surface area contributed by atoms with Crippen molar-refractivity contribution in [2.24, 2.45) is 5.10 Å². The highest BCUT2D eigenvalue weighted by molar-refractivity contribution is 5.89. The van der Waals surface area contributed by atoms with Crippen LogP contribution in [-0.4, -0.2) is 33.6 Å². The normalized spacial score (nSPS) is 22.4. The molecule has 4 nitrogen and oxygen atoms in total. The fraction of sp³-hybridized carbons (Fsp3) is 0.429. The van der Waals surface area contributed by atoms with Crippen LogP contribution >= 0.6 is 0 Å². The van der Waals surface area contributed by atoms with Crippen LogP contribution in [0, 0.1) is 6.92 Å². The van der Waals surface area contributed by atoms with Gasteiger partial charge in [0, 0.05) is 12.1 Å². The van der Waals surface area contributed by atoms with E-state index in [1.54, 1.807) is 24.3 Å². The maximum Gasteiger partial charge on any atom is 0.438 e. The van der Waals surface area contributed by atoms with Gasteiger partial charge in [0.25, 0.3) is 5.72 Å². The van der Waals surface area contributed by atoms with Gasteiger partial charge in [-0.25, -0.2) is 0 Å². The molecule has 1 N–H and O–H groups in total. The number of amides is 1. The lowest BCUT2D eigenvalue weighted by Gasteiger charge is -2.32. The lowest BCUT2D eigenvalue weighted by atomic mass is 10.1. The monoisotopic (exact) mass is 300 g/mol. The van der Waals surface area contributed by atoms with Crippen LogP contribution < -0.4 is 0 Å². The zero-order valence-electron chi connectivity index (χ0n) is 11.6. The second kappa shape index (κ2) is 5.14. The zero-order valence-corrected chi connectivity index (χ0v) is 11.6. The standard InChI is InChI=1S/C14H15F3N2O2/c1-9-3-5-11(6-4-9)7-12(20)19-13(21,14(15,16)17)8-10(2)18-19/h3-6,21H,7-8H2,1-2H3. The molecule has 1 amide bonds. The molecule has 1 aromatic rings. The average Bonchev–Trinajstić information content (AvgIpc) is 2.68. The molecule has 1 aromatic carbocycles. The zero-order chi connectivity index (χ0) is 15.8. The maximum atomic E-state index is 13.0. The lowest BCUT2D eigenvalue weighted by Crippen LogP contribution is -2.57. The Kier molecular flexibility index (Phi) is 3.79. The van der Waals surface area contributed by atoms with Crippen LogP contribution in [0.2, 0.25) is 0 Å². The van der Waals surface area contributed by atoms with E-state index < -0.39 is 24.2 Å². The Labute approximate surface area is 119 Å². The number of hydrogen-bond acceptors (Lipinski definition) is 3. The molecule has 1 aliphatic heterocycles. The fourth-order valence-corrected chi connectivity index (χ4v) is 2.16. The van der Waals surface area contributed by atoms with E-state index in [0.717, 1.165) is 5.56 Å². The first-order chi connectivity index (χ1) is 9.63. The highest BCUT2D eigenvalue weighted by atomic mass is 19.4. The maximum absolute atomic E-state index is 13.0.